The fraction of sp³-hybridized carbons (Fsp3) is 0.778. The van der Waals surface area contributed by atoms with Crippen LogP contribution in [0.15, 0.2) is 0 Å². The van der Waals surface area contributed by atoms with Crippen molar-refractivity contribution in [3.63, 3.8) is 0 Å². The van der Waals surface area contributed by atoms with Crippen LogP contribution in [0.25, 0.3) is 0 Å². The topological polar surface area (TPSA) is 43.4 Å². The minimum Gasteiger partial charge on any atom is -0.367 e. The number of carbonyl (C=O) groups excluding carboxylic acids is 2. The van der Waals surface area contributed by atoms with E-state index < -0.39 is 6.10 Å². The van der Waals surface area contributed by atoms with Crippen LogP contribution in [0.1, 0.15) is 33.1 Å². The molecule has 3 heteroatoms. The zero-order valence-electron chi connectivity index (χ0n) is 7.66. The van der Waals surface area contributed by atoms with Gasteiger partial charge in [-0.05, 0) is 13.3 Å². The molecule has 0 spiro atoms. The standard InChI is InChI=1S/C9H16O3/c1-3-4-8(2)12-9(7-11)5-6-10/h6-9H,3-5H2,1-2H3. The molecule has 0 aliphatic rings. The SMILES string of the molecule is CCCC(C)OC(C=O)CC=O. The maximum absolute atomic E-state index is 10.4. The summed E-state index contributed by atoms with van der Waals surface area (Å²) in [5, 5.41) is 0. The number of hydrogen-bond acceptors (Lipinski definition) is 3. The van der Waals surface area contributed by atoms with Gasteiger partial charge in [0.05, 0.1) is 6.10 Å². The van der Waals surface area contributed by atoms with Gasteiger partial charge in [-0.3, -0.25) is 0 Å². The zero-order valence-corrected chi connectivity index (χ0v) is 7.66. The normalized spacial score (nSPS) is 15.2. The van der Waals surface area contributed by atoms with Crippen molar-refractivity contribution >= 4 is 12.6 Å². The molecule has 0 fully saturated rings. The van der Waals surface area contributed by atoms with Crippen molar-refractivity contribution in [1.82, 2.24) is 0 Å². The molecule has 0 saturated carbocycles. The van der Waals surface area contributed by atoms with E-state index in [1.54, 1.807) is 0 Å². The molecular weight excluding hydrogens is 156 g/mol. The van der Waals surface area contributed by atoms with E-state index in [-0.39, 0.29) is 12.5 Å². The largest absolute Gasteiger partial charge is 0.367 e. The van der Waals surface area contributed by atoms with Gasteiger partial charge in [0.15, 0.2) is 0 Å². The molecule has 0 aromatic heterocycles. The summed E-state index contributed by atoms with van der Waals surface area (Å²) in [6.45, 7) is 3.96. The van der Waals surface area contributed by atoms with Crippen molar-refractivity contribution in [2.24, 2.45) is 0 Å². The number of aldehydes is 2. The highest BCUT2D eigenvalue weighted by atomic mass is 16.5. The lowest BCUT2D eigenvalue weighted by atomic mass is 10.2. The van der Waals surface area contributed by atoms with E-state index in [4.69, 9.17) is 4.74 Å². The Morgan fingerprint density at radius 1 is 1.42 bits per heavy atom. The van der Waals surface area contributed by atoms with Crippen LogP contribution in [0.5, 0.6) is 0 Å². The minimum absolute atomic E-state index is 0.0603. The summed E-state index contributed by atoms with van der Waals surface area (Å²) in [5.74, 6) is 0. The molecule has 0 rings (SSSR count). The van der Waals surface area contributed by atoms with E-state index in [9.17, 15) is 9.59 Å². The Morgan fingerprint density at radius 2 is 2.08 bits per heavy atom. The van der Waals surface area contributed by atoms with E-state index in [1.165, 1.54) is 0 Å². The van der Waals surface area contributed by atoms with Gasteiger partial charge in [-0.2, -0.15) is 0 Å². The third-order valence-corrected chi connectivity index (χ3v) is 1.58. The van der Waals surface area contributed by atoms with Crippen LogP contribution in [0.4, 0.5) is 0 Å². The maximum atomic E-state index is 10.4. The van der Waals surface area contributed by atoms with Gasteiger partial charge in [-0.25, -0.2) is 0 Å². The summed E-state index contributed by atoms with van der Waals surface area (Å²) in [6.07, 6.45) is 3.00. The average molecular weight is 172 g/mol. The second kappa shape index (κ2) is 6.98. The lowest BCUT2D eigenvalue weighted by Crippen LogP contribution is -2.21. The van der Waals surface area contributed by atoms with Gasteiger partial charge in [-0.1, -0.05) is 13.3 Å². The summed E-state index contributed by atoms with van der Waals surface area (Å²) in [6, 6.07) is 0. The van der Waals surface area contributed by atoms with Crippen molar-refractivity contribution in [1.29, 1.82) is 0 Å². The average Bonchev–Trinajstić information content (AvgIpc) is 2.04. The highest BCUT2D eigenvalue weighted by molar-refractivity contribution is 5.63. The molecule has 0 aromatic rings. The quantitative estimate of drug-likeness (QED) is 0.544. The molecule has 0 bridgehead atoms. The summed E-state index contributed by atoms with van der Waals surface area (Å²) in [7, 11) is 0. The van der Waals surface area contributed by atoms with E-state index in [0.29, 0.717) is 12.6 Å². The van der Waals surface area contributed by atoms with Crippen LogP contribution in [-0.2, 0) is 14.3 Å². The van der Waals surface area contributed by atoms with Crippen LogP contribution in [0.3, 0.4) is 0 Å². The van der Waals surface area contributed by atoms with Crippen LogP contribution in [-0.4, -0.2) is 24.8 Å². The molecule has 12 heavy (non-hydrogen) atoms. The first-order valence-corrected chi connectivity index (χ1v) is 4.29. The van der Waals surface area contributed by atoms with Crippen molar-refractivity contribution in [2.75, 3.05) is 0 Å². The summed E-state index contributed by atoms with van der Waals surface area (Å²) in [5.41, 5.74) is 0. The summed E-state index contributed by atoms with van der Waals surface area (Å²) >= 11 is 0. The van der Waals surface area contributed by atoms with Crippen molar-refractivity contribution in [2.45, 2.75) is 45.3 Å². The van der Waals surface area contributed by atoms with E-state index >= 15 is 0 Å². The molecule has 0 radical (unpaired) electrons. The van der Waals surface area contributed by atoms with Gasteiger partial charge in [-0.15, -0.1) is 0 Å². The number of ether oxygens (including phenoxy) is 1. The van der Waals surface area contributed by atoms with E-state index in [2.05, 4.69) is 6.92 Å². The first kappa shape index (κ1) is 11.3. The summed E-state index contributed by atoms with van der Waals surface area (Å²) in [4.78, 5) is 20.4. The van der Waals surface area contributed by atoms with Crippen molar-refractivity contribution in [3.8, 4) is 0 Å². The minimum atomic E-state index is -0.552. The van der Waals surface area contributed by atoms with E-state index in [0.717, 1.165) is 12.8 Å². The van der Waals surface area contributed by atoms with Gasteiger partial charge in [0.2, 0.25) is 0 Å². The molecule has 0 saturated heterocycles. The number of rotatable bonds is 7. The van der Waals surface area contributed by atoms with Crippen LogP contribution < -0.4 is 0 Å². The predicted octanol–water partition coefficient (Wildman–Crippen LogP) is 1.35. The molecule has 0 amide bonds. The monoisotopic (exact) mass is 172 g/mol. The number of carbonyl (C=O) groups is 2. The highest BCUT2D eigenvalue weighted by Crippen LogP contribution is 2.05. The highest BCUT2D eigenvalue weighted by Gasteiger charge is 2.10. The van der Waals surface area contributed by atoms with Gasteiger partial charge in [0.1, 0.15) is 18.7 Å². The fourth-order valence-corrected chi connectivity index (χ4v) is 1.01. The Bertz CT molecular complexity index is 134. The predicted molar refractivity (Wildman–Crippen MR) is 46.0 cm³/mol. The Morgan fingerprint density at radius 3 is 2.50 bits per heavy atom. The zero-order chi connectivity index (χ0) is 9.40. The van der Waals surface area contributed by atoms with Gasteiger partial charge in [0.25, 0.3) is 0 Å². The van der Waals surface area contributed by atoms with Crippen LogP contribution in [0.2, 0.25) is 0 Å². The molecule has 2 atom stereocenters. The van der Waals surface area contributed by atoms with Crippen LogP contribution >= 0.6 is 0 Å². The van der Waals surface area contributed by atoms with Crippen molar-refractivity contribution < 1.29 is 14.3 Å². The maximum Gasteiger partial charge on any atom is 0.149 e. The molecule has 70 valence electrons. The lowest BCUT2D eigenvalue weighted by Gasteiger charge is -2.15. The molecule has 0 aromatic carbocycles. The Hall–Kier alpha value is -0.700. The molecule has 0 heterocycles. The molecule has 0 aliphatic carbocycles. The fourth-order valence-electron chi connectivity index (χ4n) is 1.01. The Labute approximate surface area is 73.1 Å². The molecule has 0 N–H and O–H groups in total. The van der Waals surface area contributed by atoms with Crippen molar-refractivity contribution in [3.05, 3.63) is 0 Å². The van der Waals surface area contributed by atoms with E-state index in [1.807, 2.05) is 6.92 Å². The van der Waals surface area contributed by atoms with Gasteiger partial charge < -0.3 is 14.3 Å². The summed E-state index contributed by atoms with van der Waals surface area (Å²) < 4.78 is 5.28. The smallest absolute Gasteiger partial charge is 0.149 e. The molecular formula is C9H16O3. The third kappa shape index (κ3) is 5.02. The molecule has 2 unspecified atom stereocenters. The lowest BCUT2D eigenvalue weighted by molar-refractivity contribution is -0.125. The molecule has 3 nitrogen and oxygen atoms in total. The second-order valence-corrected chi connectivity index (χ2v) is 2.81. The Kier molecular flexibility index (Phi) is 6.57. The van der Waals surface area contributed by atoms with Crippen LogP contribution in [0, 0.1) is 0 Å². The Balaban J connectivity index is 3.67. The third-order valence-electron chi connectivity index (χ3n) is 1.58. The molecule has 0 aliphatic heterocycles. The van der Waals surface area contributed by atoms with Gasteiger partial charge in [0, 0.05) is 6.42 Å². The first-order chi connectivity index (χ1) is 5.74. The second-order valence-electron chi connectivity index (χ2n) is 2.81. The first-order valence-electron chi connectivity index (χ1n) is 4.29. The number of hydrogen-bond donors (Lipinski definition) is 0. The van der Waals surface area contributed by atoms with Gasteiger partial charge >= 0.3 is 0 Å².